The van der Waals surface area contributed by atoms with Crippen LogP contribution in [0.5, 0.6) is 0 Å². The van der Waals surface area contributed by atoms with Gasteiger partial charge in [-0.25, -0.2) is 0 Å². The molecule has 3 rings (SSSR count). The van der Waals surface area contributed by atoms with Crippen molar-refractivity contribution in [2.24, 2.45) is 0 Å². The summed E-state index contributed by atoms with van der Waals surface area (Å²) in [6.07, 6.45) is 10.7. The van der Waals surface area contributed by atoms with Crippen molar-refractivity contribution in [3.05, 3.63) is 30.1 Å². The van der Waals surface area contributed by atoms with E-state index in [-0.39, 0.29) is 0 Å². The first-order chi connectivity index (χ1) is 9.70. The molecule has 0 amide bonds. The van der Waals surface area contributed by atoms with Crippen LogP contribution in [0.15, 0.2) is 24.5 Å². The summed E-state index contributed by atoms with van der Waals surface area (Å²) in [5.41, 5.74) is 1.77. The lowest BCUT2D eigenvalue weighted by atomic mass is 9.79. The molecule has 1 saturated carbocycles. The Morgan fingerprint density at radius 2 is 1.95 bits per heavy atom. The number of rotatable bonds is 2. The molecule has 1 aromatic heterocycles. The predicted molar refractivity (Wildman–Crippen MR) is 82.6 cm³/mol. The van der Waals surface area contributed by atoms with Gasteiger partial charge in [-0.15, -0.1) is 0 Å². The molecule has 3 heteroatoms. The summed E-state index contributed by atoms with van der Waals surface area (Å²) in [7, 11) is 0. The Bertz CT molecular complexity index is 425. The Morgan fingerprint density at radius 1 is 1.25 bits per heavy atom. The molecule has 3 nitrogen and oxygen atoms in total. The van der Waals surface area contributed by atoms with Crippen LogP contribution in [-0.2, 0) is 0 Å². The molecule has 1 aliphatic carbocycles. The number of aromatic nitrogens is 1. The van der Waals surface area contributed by atoms with E-state index in [4.69, 9.17) is 0 Å². The molecule has 1 saturated heterocycles. The van der Waals surface area contributed by atoms with E-state index in [1.165, 1.54) is 44.2 Å². The Kier molecular flexibility index (Phi) is 4.08. The van der Waals surface area contributed by atoms with Gasteiger partial charge in [0, 0.05) is 43.1 Å². The van der Waals surface area contributed by atoms with Crippen LogP contribution in [0.25, 0.3) is 0 Å². The van der Waals surface area contributed by atoms with Crippen molar-refractivity contribution in [2.45, 2.75) is 63.6 Å². The molecule has 0 bridgehead atoms. The Balaban J connectivity index is 1.76. The van der Waals surface area contributed by atoms with Crippen LogP contribution in [-0.4, -0.2) is 34.6 Å². The van der Waals surface area contributed by atoms with Crippen LogP contribution in [0.4, 0.5) is 0 Å². The van der Waals surface area contributed by atoms with Crippen molar-refractivity contribution in [3.63, 3.8) is 0 Å². The third kappa shape index (κ3) is 2.75. The first-order valence-corrected chi connectivity index (χ1v) is 8.11. The number of hydrogen-bond acceptors (Lipinski definition) is 3. The predicted octanol–water partition coefficient (Wildman–Crippen LogP) is 3.14. The molecule has 110 valence electrons. The maximum atomic E-state index is 4.14. The maximum absolute atomic E-state index is 4.14. The van der Waals surface area contributed by atoms with Gasteiger partial charge in [0.1, 0.15) is 0 Å². The second-order valence-electron chi connectivity index (χ2n) is 6.70. The van der Waals surface area contributed by atoms with Crippen molar-refractivity contribution in [1.29, 1.82) is 0 Å². The highest BCUT2D eigenvalue weighted by Gasteiger charge is 2.40. The molecule has 2 heterocycles. The van der Waals surface area contributed by atoms with Crippen molar-refractivity contribution in [2.75, 3.05) is 13.1 Å². The molecule has 2 atom stereocenters. The minimum atomic E-state index is 0.381. The van der Waals surface area contributed by atoms with Crippen molar-refractivity contribution >= 4 is 0 Å². The molecule has 0 radical (unpaired) electrons. The largest absolute Gasteiger partial charge is 0.308 e. The summed E-state index contributed by atoms with van der Waals surface area (Å²) in [6, 6.07) is 5.40. The first kappa shape index (κ1) is 14.0. The van der Waals surface area contributed by atoms with Gasteiger partial charge in [-0.05, 0) is 44.4 Å². The van der Waals surface area contributed by atoms with E-state index in [1.54, 1.807) is 0 Å². The van der Waals surface area contributed by atoms with E-state index in [1.807, 2.05) is 12.4 Å². The highest BCUT2D eigenvalue weighted by atomic mass is 15.3. The zero-order valence-corrected chi connectivity index (χ0v) is 12.8. The molecule has 1 N–H and O–H groups in total. The number of nitrogens with one attached hydrogen (secondary N) is 1. The second-order valence-corrected chi connectivity index (χ2v) is 6.70. The van der Waals surface area contributed by atoms with Gasteiger partial charge in [0.25, 0.3) is 0 Å². The van der Waals surface area contributed by atoms with E-state index in [0.29, 0.717) is 17.6 Å². The smallest absolute Gasteiger partial charge is 0.0325 e. The van der Waals surface area contributed by atoms with E-state index in [2.05, 4.69) is 41.2 Å². The average Bonchev–Trinajstić information content (AvgIpc) is 2.51. The molecular weight excluding hydrogens is 246 g/mol. The van der Waals surface area contributed by atoms with Gasteiger partial charge in [-0.2, -0.15) is 0 Å². The van der Waals surface area contributed by atoms with Crippen LogP contribution >= 0.6 is 0 Å². The van der Waals surface area contributed by atoms with Crippen molar-refractivity contribution in [1.82, 2.24) is 15.2 Å². The lowest BCUT2D eigenvalue weighted by Crippen LogP contribution is -2.64. The minimum Gasteiger partial charge on any atom is -0.308 e. The van der Waals surface area contributed by atoms with Gasteiger partial charge in [-0.3, -0.25) is 9.88 Å². The molecule has 2 fully saturated rings. The maximum Gasteiger partial charge on any atom is 0.0325 e. The highest BCUT2D eigenvalue weighted by Crippen LogP contribution is 2.35. The fourth-order valence-electron chi connectivity index (χ4n) is 3.96. The topological polar surface area (TPSA) is 28.2 Å². The third-order valence-electron chi connectivity index (χ3n) is 5.32. The van der Waals surface area contributed by atoms with Gasteiger partial charge in [0.05, 0.1) is 0 Å². The Hall–Kier alpha value is -0.930. The van der Waals surface area contributed by atoms with Crippen molar-refractivity contribution < 1.29 is 0 Å². The normalized spacial score (nSPS) is 28.4. The average molecular weight is 273 g/mol. The molecule has 20 heavy (non-hydrogen) atoms. The van der Waals surface area contributed by atoms with Gasteiger partial charge < -0.3 is 5.32 Å². The lowest BCUT2D eigenvalue weighted by molar-refractivity contribution is 0.0355. The summed E-state index contributed by atoms with van der Waals surface area (Å²) in [5.74, 6) is 0. The molecule has 2 aliphatic rings. The Labute approximate surface area is 122 Å². The molecule has 2 unspecified atom stereocenters. The van der Waals surface area contributed by atoms with Crippen molar-refractivity contribution in [3.8, 4) is 0 Å². The quantitative estimate of drug-likeness (QED) is 0.897. The fourth-order valence-corrected chi connectivity index (χ4v) is 3.96. The summed E-state index contributed by atoms with van der Waals surface area (Å²) >= 11 is 0. The number of pyridine rings is 1. The lowest BCUT2D eigenvalue weighted by Gasteiger charge is -2.51. The van der Waals surface area contributed by atoms with E-state index in [9.17, 15) is 0 Å². The first-order valence-electron chi connectivity index (χ1n) is 8.11. The number of hydrogen-bond donors (Lipinski definition) is 1. The SMILES string of the molecule is CC1CNC2(CCCCC2)CN1C(C)c1ccncc1. The highest BCUT2D eigenvalue weighted by molar-refractivity contribution is 5.16. The van der Waals surface area contributed by atoms with Crippen LogP contribution < -0.4 is 5.32 Å². The van der Waals surface area contributed by atoms with Crippen LogP contribution in [0.2, 0.25) is 0 Å². The van der Waals surface area contributed by atoms with E-state index in [0.717, 1.165) is 6.54 Å². The number of nitrogens with zero attached hydrogens (tertiary/aromatic N) is 2. The standard InChI is InChI=1S/C17H27N3/c1-14-12-19-17(8-4-3-5-9-17)13-20(14)15(2)16-6-10-18-11-7-16/h6-7,10-11,14-15,19H,3-5,8-9,12-13H2,1-2H3. The molecule has 1 aromatic rings. The zero-order valence-electron chi connectivity index (χ0n) is 12.8. The Morgan fingerprint density at radius 3 is 2.65 bits per heavy atom. The van der Waals surface area contributed by atoms with Crippen LogP contribution in [0, 0.1) is 0 Å². The van der Waals surface area contributed by atoms with Gasteiger partial charge in [0.2, 0.25) is 0 Å². The fraction of sp³-hybridized carbons (Fsp3) is 0.706. The van der Waals surface area contributed by atoms with E-state index >= 15 is 0 Å². The molecule has 1 spiro atoms. The van der Waals surface area contributed by atoms with Gasteiger partial charge >= 0.3 is 0 Å². The summed E-state index contributed by atoms with van der Waals surface area (Å²) in [6.45, 7) is 7.00. The summed E-state index contributed by atoms with van der Waals surface area (Å²) in [4.78, 5) is 6.84. The summed E-state index contributed by atoms with van der Waals surface area (Å²) in [5, 5.41) is 3.87. The number of piperazine rings is 1. The van der Waals surface area contributed by atoms with Crippen LogP contribution in [0.1, 0.15) is 57.6 Å². The summed E-state index contributed by atoms with van der Waals surface area (Å²) < 4.78 is 0. The van der Waals surface area contributed by atoms with Gasteiger partial charge in [-0.1, -0.05) is 19.3 Å². The minimum absolute atomic E-state index is 0.381. The zero-order chi connectivity index (χ0) is 14.0. The monoisotopic (exact) mass is 273 g/mol. The van der Waals surface area contributed by atoms with Crippen LogP contribution in [0.3, 0.4) is 0 Å². The third-order valence-corrected chi connectivity index (χ3v) is 5.32. The molecule has 1 aliphatic heterocycles. The van der Waals surface area contributed by atoms with Gasteiger partial charge in [0.15, 0.2) is 0 Å². The second kappa shape index (κ2) is 5.82. The molecular formula is C17H27N3. The van der Waals surface area contributed by atoms with E-state index < -0.39 is 0 Å². The molecule has 0 aromatic carbocycles.